The van der Waals surface area contributed by atoms with Gasteiger partial charge in [-0.3, -0.25) is 4.79 Å². The number of carboxylic acids is 1. The van der Waals surface area contributed by atoms with Crippen LogP contribution in [-0.2, 0) is 4.79 Å². The third kappa shape index (κ3) is 3.13. The minimum Gasteiger partial charge on any atom is -0.481 e. The Bertz CT molecular complexity index is 401. The second-order valence-corrected chi connectivity index (χ2v) is 3.50. The summed E-state index contributed by atoms with van der Waals surface area (Å²) in [6.07, 6.45) is -2.98. The van der Waals surface area contributed by atoms with Crippen molar-refractivity contribution in [3.63, 3.8) is 0 Å². The van der Waals surface area contributed by atoms with Gasteiger partial charge in [-0.05, 0) is 6.07 Å². The number of aliphatic hydroxyl groups excluding tert-OH is 2. The molecule has 0 radical (unpaired) electrons. The first kappa shape index (κ1) is 12.8. The van der Waals surface area contributed by atoms with E-state index in [2.05, 4.69) is 4.98 Å². The van der Waals surface area contributed by atoms with Crippen LogP contribution in [0.1, 0.15) is 18.1 Å². The Morgan fingerprint density at radius 1 is 1.56 bits per heavy atom. The predicted molar refractivity (Wildman–Crippen MR) is 52.4 cm³/mol. The number of nitrogens with zero attached hydrogens (tertiary/aromatic N) is 1. The van der Waals surface area contributed by atoms with Crippen LogP contribution in [0.15, 0.2) is 12.3 Å². The maximum atomic E-state index is 12.8. The van der Waals surface area contributed by atoms with Gasteiger partial charge < -0.3 is 15.3 Å². The van der Waals surface area contributed by atoms with Gasteiger partial charge >= 0.3 is 5.97 Å². The number of rotatable bonds is 4. The van der Waals surface area contributed by atoms with E-state index in [-0.39, 0.29) is 10.7 Å². The number of carboxylic acid groups (broad SMARTS) is 1. The number of aliphatic hydroxyl groups is 2. The molecule has 7 heteroatoms. The quantitative estimate of drug-likeness (QED) is 0.685. The molecule has 0 saturated carbocycles. The van der Waals surface area contributed by atoms with Gasteiger partial charge in [0, 0.05) is 5.56 Å². The second kappa shape index (κ2) is 5.20. The Balaban J connectivity index is 2.90. The first-order chi connectivity index (χ1) is 7.41. The normalized spacial score (nSPS) is 14.5. The largest absolute Gasteiger partial charge is 0.481 e. The highest BCUT2D eigenvalue weighted by atomic mass is 35.5. The number of aliphatic carboxylic acids is 1. The van der Waals surface area contributed by atoms with Gasteiger partial charge in [-0.15, -0.1) is 0 Å². The zero-order chi connectivity index (χ0) is 12.3. The Morgan fingerprint density at radius 3 is 2.75 bits per heavy atom. The molecular formula is C9H9ClFNO4. The standard InChI is InChI=1S/C9H9ClFNO4/c10-9-5(1-4(11)3-12-9)8(16)6(13)2-7(14)15/h1,3,6,8,13,16H,2H2,(H,14,15). The molecule has 16 heavy (non-hydrogen) atoms. The summed E-state index contributed by atoms with van der Waals surface area (Å²) in [5.74, 6) is -2.02. The zero-order valence-electron chi connectivity index (χ0n) is 7.97. The second-order valence-electron chi connectivity index (χ2n) is 3.14. The van der Waals surface area contributed by atoms with Gasteiger partial charge in [0.05, 0.1) is 18.7 Å². The fourth-order valence-corrected chi connectivity index (χ4v) is 1.36. The zero-order valence-corrected chi connectivity index (χ0v) is 8.73. The van der Waals surface area contributed by atoms with E-state index < -0.39 is 30.4 Å². The minimum absolute atomic E-state index is 0.143. The average molecular weight is 250 g/mol. The SMILES string of the molecule is O=C(O)CC(O)C(O)c1cc(F)cnc1Cl. The molecule has 0 aliphatic rings. The molecule has 0 aromatic carbocycles. The number of carbonyl (C=O) groups is 1. The molecule has 0 fully saturated rings. The molecule has 5 nitrogen and oxygen atoms in total. The Labute approximate surface area is 95.1 Å². The molecule has 0 saturated heterocycles. The summed E-state index contributed by atoms with van der Waals surface area (Å²) in [6.45, 7) is 0. The van der Waals surface area contributed by atoms with Crippen LogP contribution in [0.2, 0.25) is 5.15 Å². The third-order valence-corrected chi connectivity index (χ3v) is 2.22. The Morgan fingerprint density at radius 2 is 2.19 bits per heavy atom. The molecule has 1 heterocycles. The van der Waals surface area contributed by atoms with Crippen LogP contribution < -0.4 is 0 Å². The van der Waals surface area contributed by atoms with Crippen molar-refractivity contribution >= 4 is 17.6 Å². The van der Waals surface area contributed by atoms with E-state index in [1.165, 1.54) is 0 Å². The molecule has 0 bridgehead atoms. The van der Waals surface area contributed by atoms with E-state index in [9.17, 15) is 19.4 Å². The highest BCUT2D eigenvalue weighted by Gasteiger charge is 2.24. The Kier molecular flexibility index (Phi) is 4.17. The van der Waals surface area contributed by atoms with Gasteiger partial charge in [-0.25, -0.2) is 9.37 Å². The molecule has 1 rings (SSSR count). The third-order valence-electron chi connectivity index (χ3n) is 1.90. The van der Waals surface area contributed by atoms with Crippen molar-refractivity contribution in [2.24, 2.45) is 0 Å². The number of pyridine rings is 1. The molecule has 88 valence electrons. The lowest BCUT2D eigenvalue weighted by molar-refractivity contribution is -0.141. The number of aromatic nitrogens is 1. The predicted octanol–water partition coefficient (Wildman–Crippen LogP) is 0.743. The van der Waals surface area contributed by atoms with E-state index in [4.69, 9.17) is 16.7 Å². The monoisotopic (exact) mass is 249 g/mol. The van der Waals surface area contributed by atoms with Crippen LogP contribution in [0.4, 0.5) is 4.39 Å². The van der Waals surface area contributed by atoms with Crippen molar-refractivity contribution in [2.45, 2.75) is 18.6 Å². The smallest absolute Gasteiger partial charge is 0.306 e. The molecule has 0 amide bonds. The topological polar surface area (TPSA) is 90.7 Å². The van der Waals surface area contributed by atoms with E-state index in [1.807, 2.05) is 0 Å². The molecule has 0 spiro atoms. The summed E-state index contributed by atoms with van der Waals surface area (Å²) in [5, 5.41) is 27.1. The Hall–Kier alpha value is -1.24. The number of hydrogen-bond acceptors (Lipinski definition) is 4. The van der Waals surface area contributed by atoms with Crippen LogP contribution in [0.25, 0.3) is 0 Å². The average Bonchev–Trinajstić information content (AvgIpc) is 2.19. The molecule has 0 aliphatic carbocycles. The van der Waals surface area contributed by atoms with Crippen molar-refractivity contribution in [3.8, 4) is 0 Å². The van der Waals surface area contributed by atoms with Crippen molar-refractivity contribution < 1.29 is 24.5 Å². The lowest BCUT2D eigenvalue weighted by Crippen LogP contribution is -2.22. The lowest BCUT2D eigenvalue weighted by atomic mass is 10.0. The van der Waals surface area contributed by atoms with Crippen molar-refractivity contribution in [1.29, 1.82) is 0 Å². The lowest BCUT2D eigenvalue weighted by Gasteiger charge is -2.16. The molecule has 0 aliphatic heterocycles. The van der Waals surface area contributed by atoms with Gasteiger partial charge in [0.2, 0.25) is 0 Å². The first-order valence-electron chi connectivity index (χ1n) is 4.30. The summed E-state index contributed by atoms with van der Waals surface area (Å²) in [6, 6.07) is 0.894. The molecular weight excluding hydrogens is 241 g/mol. The van der Waals surface area contributed by atoms with Crippen LogP contribution in [0, 0.1) is 5.82 Å². The van der Waals surface area contributed by atoms with E-state index >= 15 is 0 Å². The van der Waals surface area contributed by atoms with Gasteiger partial charge in [0.1, 0.15) is 17.1 Å². The fourth-order valence-electron chi connectivity index (χ4n) is 1.14. The van der Waals surface area contributed by atoms with Crippen molar-refractivity contribution in [1.82, 2.24) is 4.98 Å². The van der Waals surface area contributed by atoms with E-state index in [0.29, 0.717) is 0 Å². The summed E-state index contributed by atoms with van der Waals surface area (Å²) in [5.41, 5.74) is -0.143. The molecule has 1 aromatic rings. The summed E-state index contributed by atoms with van der Waals surface area (Å²) in [7, 11) is 0. The van der Waals surface area contributed by atoms with E-state index in [1.54, 1.807) is 0 Å². The highest BCUT2D eigenvalue weighted by Crippen LogP contribution is 2.25. The van der Waals surface area contributed by atoms with Crippen LogP contribution in [-0.4, -0.2) is 32.4 Å². The number of halogens is 2. The summed E-state index contributed by atoms with van der Waals surface area (Å²) < 4.78 is 12.8. The molecule has 2 unspecified atom stereocenters. The van der Waals surface area contributed by atoms with Crippen LogP contribution >= 0.6 is 11.6 Å². The van der Waals surface area contributed by atoms with Gasteiger partial charge in [-0.1, -0.05) is 11.6 Å². The fraction of sp³-hybridized carbons (Fsp3) is 0.333. The maximum absolute atomic E-state index is 12.8. The first-order valence-corrected chi connectivity index (χ1v) is 4.68. The van der Waals surface area contributed by atoms with Crippen molar-refractivity contribution in [2.75, 3.05) is 0 Å². The van der Waals surface area contributed by atoms with Gasteiger partial charge in [0.25, 0.3) is 0 Å². The maximum Gasteiger partial charge on any atom is 0.306 e. The van der Waals surface area contributed by atoms with Crippen molar-refractivity contribution in [3.05, 3.63) is 28.8 Å². The molecule has 3 N–H and O–H groups in total. The number of hydrogen-bond donors (Lipinski definition) is 3. The van der Waals surface area contributed by atoms with Gasteiger partial charge in [-0.2, -0.15) is 0 Å². The summed E-state index contributed by atoms with van der Waals surface area (Å²) in [4.78, 5) is 13.7. The van der Waals surface area contributed by atoms with Crippen LogP contribution in [0.5, 0.6) is 0 Å². The molecule has 1 aromatic heterocycles. The van der Waals surface area contributed by atoms with Crippen LogP contribution in [0.3, 0.4) is 0 Å². The summed E-state index contributed by atoms with van der Waals surface area (Å²) >= 11 is 5.58. The highest BCUT2D eigenvalue weighted by molar-refractivity contribution is 6.30. The molecule has 2 atom stereocenters. The van der Waals surface area contributed by atoms with E-state index in [0.717, 1.165) is 12.3 Å². The minimum atomic E-state index is -1.59. The van der Waals surface area contributed by atoms with Gasteiger partial charge in [0.15, 0.2) is 0 Å².